The van der Waals surface area contributed by atoms with Crippen LogP contribution in [0.1, 0.15) is 39.2 Å². The van der Waals surface area contributed by atoms with E-state index in [1.54, 1.807) is 12.4 Å². The maximum atomic E-state index is 12.5. The first kappa shape index (κ1) is 19.1. The SMILES string of the molecule is CC(C)n1ncc2cc(NC(=O)NC[C@@H]([C@@H]3CCOC3)N3CCCC3)cnc21. The molecule has 152 valence electrons. The molecule has 0 bridgehead atoms. The predicted molar refractivity (Wildman–Crippen MR) is 108 cm³/mol. The smallest absolute Gasteiger partial charge is 0.319 e. The van der Waals surface area contributed by atoms with Gasteiger partial charge in [-0.15, -0.1) is 0 Å². The summed E-state index contributed by atoms with van der Waals surface area (Å²) in [5.74, 6) is 0.498. The van der Waals surface area contributed by atoms with Crippen molar-refractivity contribution in [1.29, 1.82) is 0 Å². The number of fused-ring (bicyclic) bond motifs is 1. The van der Waals surface area contributed by atoms with Crippen LogP contribution in [-0.2, 0) is 4.74 Å². The van der Waals surface area contributed by atoms with E-state index in [0.717, 1.165) is 43.8 Å². The number of amides is 2. The largest absolute Gasteiger partial charge is 0.381 e. The van der Waals surface area contributed by atoms with Crippen LogP contribution in [0.25, 0.3) is 11.0 Å². The number of rotatable bonds is 6. The standard InChI is InChI=1S/C20H30N6O2/c1-14(2)26-19-16(10-23-26)9-17(11-21-19)24-20(27)22-12-18(15-5-8-28-13-15)25-6-3-4-7-25/h9-11,14-15,18H,3-8,12-13H2,1-2H3,(H2,22,24,27)/t15-,18+/m1/s1. The summed E-state index contributed by atoms with van der Waals surface area (Å²) in [6.07, 6.45) is 7.03. The van der Waals surface area contributed by atoms with Crippen molar-refractivity contribution in [3.8, 4) is 0 Å². The van der Waals surface area contributed by atoms with Gasteiger partial charge in [-0.3, -0.25) is 4.90 Å². The van der Waals surface area contributed by atoms with E-state index >= 15 is 0 Å². The molecule has 8 nitrogen and oxygen atoms in total. The van der Waals surface area contributed by atoms with Crippen molar-refractivity contribution in [2.45, 2.75) is 45.2 Å². The molecule has 28 heavy (non-hydrogen) atoms. The molecule has 8 heteroatoms. The molecule has 2 atom stereocenters. The number of aromatic nitrogens is 3. The van der Waals surface area contributed by atoms with Gasteiger partial charge in [-0.1, -0.05) is 0 Å². The fourth-order valence-corrected chi connectivity index (χ4v) is 4.28. The Bertz CT molecular complexity index is 792. The van der Waals surface area contributed by atoms with E-state index in [2.05, 4.69) is 39.5 Å². The number of likely N-dealkylation sites (tertiary alicyclic amines) is 1. The summed E-state index contributed by atoms with van der Waals surface area (Å²) in [5, 5.41) is 11.3. The molecule has 2 N–H and O–H groups in total. The summed E-state index contributed by atoms with van der Waals surface area (Å²) >= 11 is 0. The summed E-state index contributed by atoms with van der Waals surface area (Å²) in [4.78, 5) is 19.5. The topological polar surface area (TPSA) is 84.3 Å². The zero-order valence-electron chi connectivity index (χ0n) is 16.7. The van der Waals surface area contributed by atoms with Crippen molar-refractivity contribution < 1.29 is 9.53 Å². The lowest BCUT2D eigenvalue weighted by Gasteiger charge is -2.31. The van der Waals surface area contributed by atoms with E-state index in [1.165, 1.54) is 12.8 Å². The van der Waals surface area contributed by atoms with Crippen molar-refractivity contribution in [3.05, 3.63) is 18.5 Å². The highest BCUT2D eigenvalue weighted by molar-refractivity contribution is 5.91. The van der Waals surface area contributed by atoms with E-state index in [4.69, 9.17) is 4.74 Å². The highest BCUT2D eigenvalue weighted by Gasteiger charge is 2.32. The monoisotopic (exact) mass is 386 g/mol. The van der Waals surface area contributed by atoms with E-state index < -0.39 is 0 Å². The van der Waals surface area contributed by atoms with Gasteiger partial charge >= 0.3 is 6.03 Å². The highest BCUT2D eigenvalue weighted by atomic mass is 16.5. The van der Waals surface area contributed by atoms with E-state index in [1.807, 2.05) is 10.7 Å². The number of nitrogens with zero attached hydrogens (tertiary/aromatic N) is 4. The Labute approximate surface area is 165 Å². The molecule has 0 aliphatic carbocycles. The normalized spacial score (nSPS) is 21.5. The molecule has 2 saturated heterocycles. The molecule has 0 saturated carbocycles. The Hall–Kier alpha value is -2.19. The lowest BCUT2D eigenvalue weighted by molar-refractivity contribution is 0.135. The summed E-state index contributed by atoms with van der Waals surface area (Å²) < 4.78 is 7.47. The zero-order chi connectivity index (χ0) is 19.5. The fourth-order valence-electron chi connectivity index (χ4n) is 4.28. The Kier molecular flexibility index (Phi) is 5.77. The summed E-state index contributed by atoms with van der Waals surface area (Å²) in [6.45, 7) is 8.64. The van der Waals surface area contributed by atoms with Crippen LogP contribution >= 0.6 is 0 Å². The van der Waals surface area contributed by atoms with Gasteiger partial charge in [0.25, 0.3) is 0 Å². The van der Waals surface area contributed by atoms with Crippen LogP contribution in [0.2, 0.25) is 0 Å². The van der Waals surface area contributed by atoms with Gasteiger partial charge in [0.1, 0.15) is 0 Å². The average Bonchev–Trinajstić information content (AvgIpc) is 3.43. The van der Waals surface area contributed by atoms with Crippen LogP contribution in [0, 0.1) is 5.92 Å². The fraction of sp³-hybridized carbons (Fsp3) is 0.650. The summed E-state index contributed by atoms with van der Waals surface area (Å²) in [6, 6.07) is 2.31. The quantitative estimate of drug-likeness (QED) is 0.797. The Morgan fingerprint density at radius 2 is 2.14 bits per heavy atom. The van der Waals surface area contributed by atoms with Crippen molar-refractivity contribution in [1.82, 2.24) is 25.0 Å². The van der Waals surface area contributed by atoms with Crippen LogP contribution < -0.4 is 10.6 Å². The number of nitrogens with one attached hydrogen (secondary N) is 2. The van der Waals surface area contributed by atoms with E-state index in [-0.39, 0.29) is 12.1 Å². The molecule has 2 aromatic heterocycles. The Morgan fingerprint density at radius 1 is 1.32 bits per heavy atom. The van der Waals surface area contributed by atoms with Crippen LogP contribution in [0.15, 0.2) is 18.5 Å². The molecule has 2 amide bonds. The summed E-state index contributed by atoms with van der Waals surface area (Å²) in [5.41, 5.74) is 1.51. The van der Waals surface area contributed by atoms with Gasteiger partial charge in [0.2, 0.25) is 0 Å². The van der Waals surface area contributed by atoms with Gasteiger partial charge in [-0.05, 0) is 52.3 Å². The molecule has 0 aromatic carbocycles. The number of anilines is 1. The van der Waals surface area contributed by atoms with Gasteiger partial charge in [-0.25, -0.2) is 14.5 Å². The third-order valence-electron chi connectivity index (χ3n) is 5.77. The maximum absolute atomic E-state index is 12.5. The Balaban J connectivity index is 1.37. The van der Waals surface area contributed by atoms with Crippen molar-refractivity contribution >= 4 is 22.8 Å². The lowest BCUT2D eigenvalue weighted by Crippen LogP contribution is -2.48. The van der Waals surface area contributed by atoms with Crippen LogP contribution in [0.3, 0.4) is 0 Å². The molecule has 2 fully saturated rings. The first-order valence-electron chi connectivity index (χ1n) is 10.3. The van der Waals surface area contributed by atoms with Crippen molar-refractivity contribution in [3.63, 3.8) is 0 Å². The van der Waals surface area contributed by atoms with Gasteiger partial charge in [0, 0.05) is 36.5 Å². The number of urea groups is 1. The molecule has 0 unspecified atom stereocenters. The second-order valence-corrected chi connectivity index (χ2v) is 8.09. The Morgan fingerprint density at radius 3 is 2.86 bits per heavy atom. The molecule has 2 aliphatic rings. The van der Waals surface area contributed by atoms with E-state index in [0.29, 0.717) is 24.2 Å². The molecular weight excluding hydrogens is 356 g/mol. The number of hydrogen-bond donors (Lipinski definition) is 2. The second-order valence-electron chi connectivity index (χ2n) is 8.09. The molecule has 2 aromatic rings. The number of hydrogen-bond acceptors (Lipinski definition) is 5. The molecule has 0 radical (unpaired) electrons. The highest BCUT2D eigenvalue weighted by Crippen LogP contribution is 2.24. The number of carbonyl (C=O) groups is 1. The van der Waals surface area contributed by atoms with Gasteiger partial charge in [0.05, 0.1) is 24.7 Å². The van der Waals surface area contributed by atoms with Crippen LogP contribution in [-0.4, -0.2) is 64.6 Å². The van der Waals surface area contributed by atoms with Crippen molar-refractivity contribution in [2.24, 2.45) is 5.92 Å². The number of carbonyl (C=O) groups excluding carboxylic acids is 1. The van der Waals surface area contributed by atoms with Gasteiger partial charge < -0.3 is 15.4 Å². The third kappa shape index (κ3) is 4.12. The van der Waals surface area contributed by atoms with Crippen LogP contribution in [0.5, 0.6) is 0 Å². The number of ether oxygens (including phenoxy) is 1. The predicted octanol–water partition coefficient (Wildman–Crippen LogP) is 2.63. The first-order chi connectivity index (χ1) is 13.6. The first-order valence-corrected chi connectivity index (χ1v) is 10.3. The molecular formula is C20H30N6O2. The van der Waals surface area contributed by atoms with E-state index in [9.17, 15) is 4.79 Å². The minimum Gasteiger partial charge on any atom is -0.381 e. The average molecular weight is 387 g/mol. The second kappa shape index (κ2) is 8.45. The van der Waals surface area contributed by atoms with Crippen LogP contribution in [0.4, 0.5) is 10.5 Å². The minimum absolute atomic E-state index is 0.194. The summed E-state index contributed by atoms with van der Waals surface area (Å²) in [7, 11) is 0. The van der Waals surface area contributed by atoms with Gasteiger partial charge in [-0.2, -0.15) is 5.10 Å². The zero-order valence-corrected chi connectivity index (χ0v) is 16.7. The molecule has 0 spiro atoms. The molecule has 2 aliphatic heterocycles. The third-order valence-corrected chi connectivity index (χ3v) is 5.77. The molecule has 4 heterocycles. The van der Waals surface area contributed by atoms with Gasteiger partial charge in [0.15, 0.2) is 5.65 Å². The lowest BCUT2D eigenvalue weighted by atomic mass is 9.97. The number of pyridine rings is 1. The molecule has 4 rings (SSSR count). The maximum Gasteiger partial charge on any atom is 0.319 e. The van der Waals surface area contributed by atoms with Crippen molar-refractivity contribution in [2.75, 3.05) is 38.2 Å². The minimum atomic E-state index is -0.194.